The van der Waals surface area contributed by atoms with Crippen LogP contribution >= 0.6 is 23.2 Å². The Morgan fingerprint density at radius 3 is 2.43 bits per heavy atom. The second kappa shape index (κ2) is 10.3. The second-order valence-electron chi connectivity index (χ2n) is 7.67. The average molecular weight is 451 g/mol. The molecule has 0 spiro atoms. The summed E-state index contributed by atoms with van der Waals surface area (Å²) in [6.07, 6.45) is 4.13. The van der Waals surface area contributed by atoms with E-state index in [4.69, 9.17) is 23.2 Å². The van der Waals surface area contributed by atoms with Crippen molar-refractivity contribution in [3.8, 4) is 0 Å². The Labute approximate surface area is 186 Å². The maximum atomic E-state index is 13.5. The molecule has 3 rings (SSSR count). The molecule has 0 saturated heterocycles. The lowest BCUT2D eigenvalue weighted by molar-refractivity contribution is -0.126. The zero-order valence-corrected chi connectivity index (χ0v) is 18.3. The zero-order chi connectivity index (χ0) is 21.7. The minimum atomic E-state index is -1.02. The molecule has 2 aromatic rings. The number of hydrogen-bond acceptors (Lipinski definition) is 2. The predicted octanol–water partition coefficient (Wildman–Crippen LogP) is 5.49. The maximum Gasteiger partial charge on any atom is 0.248 e. The molecule has 0 aliphatic heterocycles. The van der Waals surface area contributed by atoms with Gasteiger partial charge in [0.25, 0.3) is 0 Å². The summed E-state index contributed by atoms with van der Waals surface area (Å²) in [6.45, 7) is 2.12. The summed E-state index contributed by atoms with van der Waals surface area (Å²) in [5, 5.41) is 3.49. The average Bonchev–Trinajstić information content (AvgIpc) is 2.74. The molecule has 2 aromatic carbocycles. The minimum Gasteiger partial charge on any atom is -0.351 e. The Morgan fingerprint density at radius 2 is 1.80 bits per heavy atom. The maximum absolute atomic E-state index is 13.5. The van der Waals surface area contributed by atoms with Gasteiger partial charge in [-0.15, -0.1) is 11.6 Å². The normalized spacial score (nSPS) is 19.7. The van der Waals surface area contributed by atoms with E-state index in [2.05, 4.69) is 12.2 Å². The van der Waals surface area contributed by atoms with Crippen LogP contribution in [0, 0.1) is 11.7 Å². The van der Waals surface area contributed by atoms with Gasteiger partial charge in [-0.3, -0.25) is 14.5 Å². The summed E-state index contributed by atoms with van der Waals surface area (Å²) >= 11 is 12.3. The molecule has 1 aliphatic carbocycles. The number of anilines is 1. The molecule has 1 aliphatic rings. The summed E-state index contributed by atoms with van der Waals surface area (Å²) in [5.74, 6) is -1.22. The quantitative estimate of drug-likeness (QED) is 0.591. The fraction of sp³-hybridized carbons (Fsp3) is 0.391. The molecule has 3 atom stereocenters. The second-order valence-corrected chi connectivity index (χ2v) is 8.35. The molecule has 0 heterocycles. The van der Waals surface area contributed by atoms with E-state index in [1.165, 1.54) is 29.2 Å². The van der Waals surface area contributed by atoms with Crippen LogP contribution < -0.4 is 10.2 Å². The van der Waals surface area contributed by atoms with Crippen LogP contribution in [0.2, 0.25) is 5.02 Å². The summed E-state index contributed by atoms with van der Waals surface area (Å²) < 4.78 is 13.5. The fourth-order valence-electron chi connectivity index (χ4n) is 3.99. The Hall–Kier alpha value is -2.11. The number of amides is 2. The SMILES string of the molecule is C[C@@H]1CCCC[C@@H]1NC(=O)[C@H](c1ccccc1Cl)N(C(=O)CCl)c1ccc(F)cc1. The Bertz CT molecular complexity index is 891. The van der Waals surface area contributed by atoms with Crippen molar-refractivity contribution in [3.63, 3.8) is 0 Å². The van der Waals surface area contributed by atoms with Gasteiger partial charge < -0.3 is 5.32 Å². The Kier molecular flexibility index (Phi) is 7.73. The number of benzene rings is 2. The lowest BCUT2D eigenvalue weighted by Crippen LogP contribution is -2.49. The number of hydrogen-bond donors (Lipinski definition) is 1. The summed E-state index contributed by atoms with van der Waals surface area (Å²) in [7, 11) is 0. The molecule has 1 N–H and O–H groups in total. The topological polar surface area (TPSA) is 49.4 Å². The van der Waals surface area contributed by atoms with Crippen molar-refractivity contribution in [2.24, 2.45) is 5.92 Å². The van der Waals surface area contributed by atoms with Crippen molar-refractivity contribution in [1.29, 1.82) is 0 Å². The van der Waals surface area contributed by atoms with Crippen molar-refractivity contribution in [1.82, 2.24) is 5.32 Å². The fourth-order valence-corrected chi connectivity index (χ4v) is 4.36. The van der Waals surface area contributed by atoms with Gasteiger partial charge in [0, 0.05) is 22.3 Å². The van der Waals surface area contributed by atoms with Gasteiger partial charge in [-0.25, -0.2) is 4.39 Å². The Morgan fingerprint density at radius 1 is 1.13 bits per heavy atom. The van der Waals surface area contributed by atoms with E-state index < -0.39 is 17.8 Å². The van der Waals surface area contributed by atoms with E-state index >= 15 is 0 Å². The zero-order valence-electron chi connectivity index (χ0n) is 16.8. The monoisotopic (exact) mass is 450 g/mol. The van der Waals surface area contributed by atoms with Crippen LogP contribution in [-0.4, -0.2) is 23.7 Å². The van der Waals surface area contributed by atoms with Gasteiger partial charge in [0.05, 0.1) is 0 Å². The van der Waals surface area contributed by atoms with Crippen molar-refractivity contribution in [2.75, 3.05) is 10.8 Å². The van der Waals surface area contributed by atoms with Crippen molar-refractivity contribution < 1.29 is 14.0 Å². The van der Waals surface area contributed by atoms with Crippen molar-refractivity contribution in [3.05, 3.63) is 64.9 Å². The highest BCUT2D eigenvalue weighted by molar-refractivity contribution is 6.32. The highest BCUT2D eigenvalue weighted by Crippen LogP contribution is 2.33. The summed E-state index contributed by atoms with van der Waals surface area (Å²) in [6, 6.07) is 11.3. The van der Waals surface area contributed by atoms with Crippen molar-refractivity contribution >= 4 is 40.7 Å². The Balaban J connectivity index is 2.04. The molecule has 4 nitrogen and oxygen atoms in total. The van der Waals surface area contributed by atoms with Gasteiger partial charge in [-0.2, -0.15) is 0 Å². The molecule has 0 radical (unpaired) electrons. The lowest BCUT2D eigenvalue weighted by Gasteiger charge is -2.35. The first kappa shape index (κ1) is 22.6. The van der Waals surface area contributed by atoms with Gasteiger partial charge >= 0.3 is 0 Å². The van der Waals surface area contributed by atoms with Gasteiger partial charge in [0.2, 0.25) is 11.8 Å². The minimum absolute atomic E-state index is 0.0254. The molecular weight excluding hydrogens is 426 g/mol. The molecule has 0 bridgehead atoms. The summed E-state index contributed by atoms with van der Waals surface area (Å²) in [5.41, 5.74) is 0.863. The van der Waals surface area contributed by atoms with Gasteiger partial charge in [0.15, 0.2) is 0 Å². The van der Waals surface area contributed by atoms with Crippen LogP contribution in [-0.2, 0) is 9.59 Å². The first-order valence-corrected chi connectivity index (χ1v) is 11.0. The first-order valence-electron chi connectivity index (χ1n) is 10.1. The third-order valence-electron chi connectivity index (χ3n) is 5.63. The summed E-state index contributed by atoms with van der Waals surface area (Å²) in [4.78, 5) is 27.7. The van der Waals surface area contributed by atoms with Crippen LogP contribution in [0.1, 0.15) is 44.2 Å². The van der Waals surface area contributed by atoms with Crippen LogP contribution in [0.25, 0.3) is 0 Å². The molecule has 2 amide bonds. The lowest BCUT2D eigenvalue weighted by atomic mass is 9.85. The third-order valence-corrected chi connectivity index (χ3v) is 6.21. The molecule has 160 valence electrons. The van der Waals surface area contributed by atoms with Crippen LogP contribution in [0.4, 0.5) is 10.1 Å². The number of carbonyl (C=O) groups is 2. The number of alkyl halides is 1. The third kappa shape index (κ3) is 5.13. The van der Waals surface area contributed by atoms with E-state index in [0.29, 0.717) is 22.2 Å². The molecule has 0 unspecified atom stereocenters. The van der Waals surface area contributed by atoms with E-state index in [1.54, 1.807) is 24.3 Å². The molecule has 1 fully saturated rings. The van der Waals surface area contributed by atoms with E-state index in [0.717, 1.165) is 25.7 Å². The molecule has 1 saturated carbocycles. The molecule has 30 heavy (non-hydrogen) atoms. The van der Waals surface area contributed by atoms with E-state index in [9.17, 15) is 14.0 Å². The van der Waals surface area contributed by atoms with Gasteiger partial charge in [0.1, 0.15) is 17.7 Å². The van der Waals surface area contributed by atoms with Crippen molar-refractivity contribution in [2.45, 2.75) is 44.7 Å². The number of nitrogens with zero attached hydrogens (tertiary/aromatic N) is 1. The molecule has 7 heteroatoms. The standard InChI is InChI=1S/C23H25Cl2FN2O2/c1-15-6-2-5-9-20(15)27-23(30)22(18-7-3-4-8-19(18)25)28(21(29)14-24)17-12-10-16(26)11-13-17/h3-4,7-8,10-13,15,20,22H,2,5-6,9,14H2,1H3,(H,27,30)/t15-,20+,22+/m1/s1. The van der Waals surface area contributed by atoms with Gasteiger partial charge in [-0.1, -0.05) is 49.6 Å². The van der Waals surface area contributed by atoms with Crippen LogP contribution in [0.5, 0.6) is 0 Å². The number of nitrogens with one attached hydrogen (secondary N) is 1. The predicted molar refractivity (Wildman–Crippen MR) is 118 cm³/mol. The highest BCUT2D eigenvalue weighted by Gasteiger charge is 2.35. The molecule has 0 aromatic heterocycles. The smallest absolute Gasteiger partial charge is 0.248 e. The highest BCUT2D eigenvalue weighted by atomic mass is 35.5. The number of halogens is 3. The van der Waals surface area contributed by atoms with Gasteiger partial charge in [-0.05, 0) is 49.1 Å². The van der Waals surface area contributed by atoms with Crippen LogP contribution in [0.15, 0.2) is 48.5 Å². The van der Waals surface area contributed by atoms with Crippen LogP contribution in [0.3, 0.4) is 0 Å². The van der Waals surface area contributed by atoms with E-state index in [-0.39, 0.29) is 17.8 Å². The largest absolute Gasteiger partial charge is 0.351 e. The van der Waals surface area contributed by atoms with E-state index in [1.807, 2.05) is 0 Å². The number of carbonyl (C=O) groups excluding carboxylic acids is 2. The molecular formula is C23H25Cl2FN2O2. The first-order chi connectivity index (χ1) is 14.4. The number of rotatable bonds is 6.